The van der Waals surface area contributed by atoms with E-state index in [0.29, 0.717) is 5.82 Å². The van der Waals surface area contributed by atoms with Gasteiger partial charge in [-0.25, -0.2) is 4.98 Å². The average Bonchev–Trinajstić information content (AvgIpc) is 2.42. The number of aromatic amines is 1. The maximum Gasteiger partial charge on any atom is 0.254 e. The van der Waals surface area contributed by atoms with Crippen molar-refractivity contribution in [2.75, 3.05) is 0 Å². The van der Waals surface area contributed by atoms with Gasteiger partial charge in [0.25, 0.3) is 5.56 Å². The predicted molar refractivity (Wildman–Crippen MR) is 82.3 cm³/mol. The fourth-order valence-corrected chi connectivity index (χ4v) is 3.01. The number of hydrogen-bond acceptors (Lipinski definition) is 2. The number of nitrogens with zero attached hydrogens (tertiary/aromatic N) is 1. The first-order valence-electron chi connectivity index (χ1n) is 6.22. The second-order valence-electron chi connectivity index (χ2n) is 4.68. The number of halogens is 2. The topological polar surface area (TPSA) is 45.8 Å². The molecule has 0 radical (unpaired) electrons. The lowest BCUT2D eigenvalue weighted by Crippen LogP contribution is -2.21. The van der Waals surface area contributed by atoms with Crippen molar-refractivity contribution in [2.24, 2.45) is 0 Å². The zero-order valence-electron chi connectivity index (χ0n) is 10.2. The molecule has 0 unspecified atom stereocenters. The molecule has 0 amide bonds. The SMILES string of the molecule is O=c1[nH]c(-c2ccc(Br)c(Br)c2)nc2c1CCCC2. The number of aryl methyl sites for hydroxylation is 1. The van der Waals surface area contributed by atoms with Gasteiger partial charge < -0.3 is 4.98 Å². The molecule has 1 aromatic heterocycles. The summed E-state index contributed by atoms with van der Waals surface area (Å²) >= 11 is 6.91. The molecule has 1 aromatic carbocycles. The summed E-state index contributed by atoms with van der Waals surface area (Å²) in [6.07, 6.45) is 3.96. The van der Waals surface area contributed by atoms with Crippen LogP contribution in [0.15, 0.2) is 31.9 Å². The highest BCUT2D eigenvalue weighted by molar-refractivity contribution is 9.13. The first kappa shape index (κ1) is 13.1. The number of benzene rings is 1. The summed E-state index contributed by atoms with van der Waals surface area (Å²) < 4.78 is 1.93. The van der Waals surface area contributed by atoms with E-state index in [4.69, 9.17) is 0 Å². The summed E-state index contributed by atoms with van der Waals surface area (Å²) in [7, 11) is 0. The molecule has 0 spiro atoms. The first-order chi connectivity index (χ1) is 9.15. The van der Waals surface area contributed by atoms with Crippen LogP contribution in [0.4, 0.5) is 0 Å². The van der Waals surface area contributed by atoms with Crippen molar-refractivity contribution in [1.82, 2.24) is 9.97 Å². The van der Waals surface area contributed by atoms with Crippen molar-refractivity contribution in [3.05, 3.63) is 48.8 Å². The highest BCUT2D eigenvalue weighted by Crippen LogP contribution is 2.28. The fourth-order valence-electron chi connectivity index (χ4n) is 2.38. The van der Waals surface area contributed by atoms with Gasteiger partial charge in [-0.05, 0) is 69.7 Å². The molecular formula is C14H12Br2N2O. The van der Waals surface area contributed by atoms with E-state index < -0.39 is 0 Å². The van der Waals surface area contributed by atoms with Crippen LogP contribution in [0.2, 0.25) is 0 Å². The Hall–Kier alpha value is -0.940. The smallest absolute Gasteiger partial charge is 0.254 e. The van der Waals surface area contributed by atoms with Gasteiger partial charge in [-0.1, -0.05) is 6.07 Å². The Bertz CT molecular complexity index is 694. The maximum absolute atomic E-state index is 12.1. The number of aromatic nitrogens is 2. The van der Waals surface area contributed by atoms with Gasteiger partial charge in [0.1, 0.15) is 5.82 Å². The molecule has 0 fully saturated rings. The highest BCUT2D eigenvalue weighted by Gasteiger charge is 2.16. The third kappa shape index (κ3) is 2.54. The van der Waals surface area contributed by atoms with Gasteiger partial charge in [0.15, 0.2) is 0 Å². The van der Waals surface area contributed by atoms with E-state index in [9.17, 15) is 4.79 Å². The Morgan fingerprint density at radius 3 is 2.68 bits per heavy atom. The van der Waals surface area contributed by atoms with Crippen LogP contribution in [0, 0.1) is 0 Å². The van der Waals surface area contributed by atoms with Crippen molar-refractivity contribution in [1.29, 1.82) is 0 Å². The number of fused-ring (bicyclic) bond motifs is 1. The summed E-state index contributed by atoms with van der Waals surface area (Å²) in [6.45, 7) is 0. The van der Waals surface area contributed by atoms with Crippen molar-refractivity contribution in [2.45, 2.75) is 25.7 Å². The lowest BCUT2D eigenvalue weighted by Gasteiger charge is -2.14. The molecule has 98 valence electrons. The summed E-state index contributed by atoms with van der Waals surface area (Å²) in [5.41, 5.74) is 2.76. The Kier molecular flexibility index (Phi) is 3.58. The van der Waals surface area contributed by atoms with Gasteiger partial charge in [-0.3, -0.25) is 4.79 Å². The zero-order valence-corrected chi connectivity index (χ0v) is 13.3. The van der Waals surface area contributed by atoms with Gasteiger partial charge in [-0.2, -0.15) is 0 Å². The van der Waals surface area contributed by atoms with Gasteiger partial charge in [0.2, 0.25) is 0 Å². The molecule has 0 saturated carbocycles. The van der Waals surface area contributed by atoms with Crippen molar-refractivity contribution in [3.63, 3.8) is 0 Å². The minimum atomic E-state index is 0.0127. The van der Waals surface area contributed by atoms with E-state index in [1.54, 1.807) is 0 Å². The van der Waals surface area contributed by atoms with Crippen molar-refractivity contribution < 1.29 is 0 Å². The van der Waals surface area contributed by atoms with Crippen molar-refractivity contribution >= 4 is 31.9 Å². The van der Waals surface area contributed by atoms with E-state index in [2.05, 4.69) is 41.8 Å². The lowest BCUT2D eigenvalue weighted by atomic mass is 9.97. The molecule has 5 heteroatoms. The summed E-state index contributed by atoms with van der Waals surface area (Å²) in [6, 6.07) is 5.85. The van der Waals surface area contributed by atoms with Crippen LogP contribution in [0.1, 0.15) is 24.1 Å². The first-order valence-corrected chi connectivity index (χ1v) is 7.81. The molecule has 1 aliphatic carbocycles. The van der Waals surface area contributed by atoms with Crippen LogP contribution in [-0.4, -0.2) is 9.97 Å². The molecule has 3 nitrogen and oxygen atoms in total. The number of H-pyrrole nitrogens is 1. The van der Waals surface area contributed by atoms with E-state index in [1.165, 1.54) is 0 Å². The average molecular weight is 384 g/mol. The largest absolute Gasteiger partial charge is 0.306 e. The molecule has 3 rings (SSSR count). The molecule has 2 aromatic rings. The molecular weight excluding hydrogens is 372 g/mol. The van der Waals surface area contributed by atoms with E-state index in [1.807, 2.05) is 18.2 Å². The summed E-state index contributed by atoms with van der Waals surface area (Å²) in [5, 5.41) is 0. The molecule has 19 heavy (non-hydrogen) atoms. The monoisotopic (exact) mass is 382 g/mol. The van der Waals surface area contributed by atoms with Crippen LogP contribution in [-0.2, 0) is 12.8 Å². The molecule has 0 aliphatic heterocycles. The van der Waals surface area contributed by atoms with Crippen LogP contribution >= 0.6 is 31.9 Å². The number of nitrogens with one attached hydrogen (secondary N) is 1. The minimum absolute atomic E-state index is 0.0127. The van der Waals surface area contributed by atoms with Gasteiger partial charge in [0, 0.05) is 20.1 Å². The molecule has 0 atom stereocenters. The van der Waals surface area contributed by atoms with Crippen LogP contribution in [0.25, 0.3) is 11.4 Å². The zero-order chi connectivity index (χ0) is 13.4. The standard InChI is InChI=1S/C14H12Br2N2O/c15-10-6-5-8(7-11(10)16)13-17-12-4-2-1-3-9(12)14(19)18-13/h5-7H,1-4H2,(H,17,18,19). The Balaban J connectivity index is 2.12. The molecule has 0 saturated heterocycles. The molecule has 0 bridgehead atoms. The Morgan fingerprint density at radius 1 is 1.11 bits per heavy atom. The van der Waals surface area contributed by atoms with Crippen molar-refractivity contribution in [3.8, 4) is 11.4 Å². The van der Waals surface area contributed by atoms with E-state index >= 15 is 0 Å². The third-order valence-electron chi connectivity index (χ3n) is 3.38. The van der Waals surface area contributed by atoms with Gasteiger partial charge in [-0.15, -0.1) is 0 Å². The van der Waals surface area contributed by atoms with E-state index in [0.717, 1.165) is 51.4 Å². The fraction of sp³-hybridized carbons (Fsp3) is 0.286. The number of hydrogen-bond donors (Lipinski definition) is 1. The molecule has 1 heterocycles. The normalized spacial score (nSPS) is 14.2. The minimum Gasteiger partial charge on any atom is -0.306 e. The summed E-state index contributed by atoms with van der Waals surface area (Å²) in [5.74, 6) is 0.652. The van der Waals surface area contributed by atoms with Gasteiger partial charge in [0.05, 0.1) is 5.69 Å². The Morgan fingerprint density at radius 2 is 1.89 bits per heavy atom. The van der Waals surface area contributed by atoms with E-state index in [-0.39, 0.29) is 5.56 Å². The van der Waals surface area contributed by atoms with Gasteiger partial charge >= 0.3 is 0 Å². The number of rotatable bonds is 1. The third-order valence-corrected chi connectivity index (χ3v) is 5.26. The predicted octanol–water partition coefficient (Wildman–Crippen LogP) is 3.84. The molecule has 1 N–H and O–H groups in total. The Labute approximate surface area is 127 Å². The maximum atomic E-state index is 12.1. The second-order valence-corrected chi connectivity index (χ2v) is 6.38. The lowest BCUT2D eigenvalue weighted by molar-refractivity contribution is 0.657. The highest BCUT2D eigenvalue weighted by atomic mass is 79.9. The molecule has 1 aliphatic rings. The van der Waals surface area contributed by atoms with Crippen LogP contribution in [0.5, 0.6) is 0 Å². The quantitative estimate of drug-likeness (QED) is 0.813. The van der Waals surface area contributed by atoms with Crippen LogP contribution < -0.4 is 5.56 Å². The van der Waals surface area contributed by atoms with Crippen LogP contribution in [0.3, 0.4) is 0 Å². The second kappa shape index (κ2) is 5.21. The summed E-state index contributed by atoms with van der Waals surface area (Å²) in [4.78, 5) is 19.6.